The summed E-state index contributed by atoms with van der Waals surface area (Å²) in [7, 11) is 1.59. The average molecular weight is 299 g/mol. The van der Waals surface area contributed by atoms with Crippen molar-refractivity contribution in [3.63, 3.8) is 0 Å². The molecule has 1 aliphatic heterocycles. The Bertz CT molecular complexity index is 437. The highest BCUT2D eigenvalue weighted by Crippen LogP contribution is 2.29. The number of carbonyl (C=O) groups is 1. The Morgan fingerprint density at radius 1 is 1.65 bits per heavy atom. The lowest BCUT2D eigenvalue weighted by molar-refractivity contribution is -0.117. The molecule has 0 aromatic carbocycles. The standard InChI is InChI=1S/C12H15BrN2O2/c1-8-3-11(17-2)14-6-10(8)15-7-9(5-13)4-12(15)16/h3,6,9H,4-5,7H2,1-2H3. The van der Waals surface area contributed by atoms with Crippen molar-refractivity contribution in [3.05, 3.63) is 17.8 Å². The SMILES string of the molecule is COc1cc(C)c(N2CC(CBr)CC2=O)cn1. The van der Waals surface area contributed by atoms with Crippen molar-refractivity contribution in [3.8, 4) is 5.88 Å². The predicted octanol–water partition coefficient (Wildman–Crippen LogP) is 2.15. The third-order valence-electron chi connectivity index (χ3n) is 2.98. The zero-order chi connectivity index (χ0) is 12.4. The van der Waals surface area contributed by atoms with Gasteiger partial charge in [0.1, 0.15) is 0 Å². The minimum Gasteiger partial charge on any atom is -0.481 e. The van der Waals surface area contributed by atoms with Crippen LogP contribution >= 0.6 is 15.9 Å². The molecule has 5 heteroatoms. The van der Waals surface area contributed by atoms with Gasteiger partial charge >= 0.3 is 0 Å². The normalized spacial score (nSPS) is 19.8. The van der Waals surface area contributed by atoms with Gasteiger partial charge in [0.2, 0.25) is 11.8 Å². The molecule has 1 amide bonds. The molecule has 1 fully saturated rings. The van der Waals surface area contributed by atoms with E-state index in [1.807, 2.05) is 17.9 Å². The Kier molecular flexibility index (Phi) is 3.66. The number of rotatable bonds is 3. The molecule has 2 rings (SSSR count). The molecule has 2 heterocycles. The molecule has 1 aliphatic rings. The van der Waals surface area contributed by atoms with Crippen LogP contribution in [-0.2, 0) is 4.79 Å². The first kappa shape index (κ1) is 12.4. The fraction of sp³-hybridized carbons (Fsp3) is 0.500. The van der Waals surface area contributed by atoms with Crippen molar-refractivity contribution in [1.29, 1.82) is 0 Å². The molecule has 17 heavy (non-hydrogen) atoms. The summed E-state index contributed by atoms with van der Waals surface area (Å²) in [5.41, 5.74) is 1.90. The first-order valence-electron chi connectivity index (χ1n) is 5.52. The molecule has 0 bridgehead atoms. The van der Waals surface area contributed by atoms with Gasteiger partial charge in [-0.1, -0.05) is 15.9 Å². The minimum absolute atomic E-state index is 0.171. The summed E-state index contributed by atoms with van der Waals surface area (Å²) < 4.78 is 5.06. The zero-order valence-corrected chi connectivity index (χ0v) is 11.5. The van der Waals surface area contributed by atoms with Crippen LogP contribution in [0.3, 0.4) is 0 Å². The number of carbonyl (C=O) groups excluding carboxylic acids is 1. The van der Waals surface area contributed by atoms with Gasteiger partial charge in [-0.3, -0.25) is 4.79 Å². The molecular formula is C12H15BrN2O2. The lowest BCUT2D eigenvalue weighted by Gasteiger charge is -2.18. The Hall–Kier alpha value is -1.10. The van der Waals surface area contributed by atoms with Gasteiger partial charge in [-0.15, -0.1) is 0 Å². The Morgan fingerprint density at radius 2 is 2.41 bits per heavy atom. The van der Waals surface area contributed by atoms with E-state index < -0.39 is 0 Å². The molecule has 0 N–H and O–H groups in total. The van der Waals surface area contributed by atoms with Crippen molar-refractivity contribution in [2.24, 2.45) is 5.92 Å². The maximum Gasteiger partial charge on any atom is 0.227 e. The van der Waals surface area contributed by atoms with Gasteiger partial charge in [-0.2, -0.15) is 0 Å². The smallest absolute Gasteiger partial charge is 0.227 e. The number of alkyl halides is 1. The van der Waals surface area contributed by atoms with E-state index in [9.17, 15) is 4.79 Å². The number of hydrogen-bond donors (Lipinski definition) is 0. The monoisotopic (exact) mass is 298 g/mol. The highest BCUT2D eigenvalue weighted by Gasteiger charge is 2.30. The van der Waals surface area contributed by atoms with E-state index in [0.29, 0.717) is 18.2 Å². The van der Waals surface area contributed by atoms with Crippen molar-refractivity contribution < 1.29 is 9.53 Å². The van der Waals surface area contributed by atoms with Crippen LogP contribution in [0.25, 0.3) is 0 Å². The fourth-order valence-corrected chi connectivity index (χ4v) is 2.47. The number of pyridine rings is 1. The predicted molar refractivity (Wildman–Crippen MR) is 69.8 cm³/mol. The van der Waals surface area contributed by atoms with Crippen LogP contribution in [0.4, 0.5) is 5.69 Å². The summed E-state index contributed by atoms with van der Waals surface area (Å²) in [4.78, 5) is 17.9. The van der Waals surface area contributed by atoms with E-state index in [1.165, 1.54) is 0 Å². The average Bonchev–Trinajstić information content (AvgIpc) is 2.70. The van der Waals surface area contributed by atoms with Crippen molar-refractivity contribution in [2.75, 3.05) is 23.9 Å². The Labute approximate surface area is 109 Å². The number of hydrogen-bond acceptors (Lipinski definition) is 3. The second-order valence-corrected chi connectivity index (χ2v) is 4.89. The van der Waals surface area contributed by atoms with Gasteiger partial charge in [0.25, 0.3) is 0 Å². The van der Waals surface area contributed by atoms with Gasteiger partial charge in [-0.05, 0) is 18.4 Å². The quantitative estimate of drug-likeness (QED) is 0.803. The molecule has 4 nitrogen and oxygen atoms in total. The summed E-state index contributed by atoms with van der Waals surface area (Å²) in [5.74, 6) is 1.14. The maximum atomic E-state index is 11.9. The van der Waals surface area contributed by atoms with Crippen LogP contribution in [0.1, 0.15) is 12.0 Å². The third-order valence-corrected chi connectivity index (χ3v) is 3.90. The second-order valence-electron chi connectivity index (χ2n) is 4.24. The number of halogens is 1. The van der Waals surface area contributed by atoms with Crippen LogP contribution in [0, 0.1) is 12.8 Å². The summed E-state index contributed by atoms with van der Waals surface area (Å²) in [6, 6.07) is 1.85. The maximum absolute atomic E-state index is 11.9. The lowest BCUT2D eigenvalue weighted by atomic mass is 10.2. The molecule has 1 aromatic rings. The minimum atomic E-state index is 0.171. The number of aromatic nitrogens is 1. The van der Waals surface area contributed by atoms with Crippen molar-refractivity contribution >= 4 is 27.5 Å². The summed E-state index contributed by atoms with van der Waals surface area (Å²) in [5, 5.41) is 0.859. The molecule has 1 aromatic heterocycles. The lowest BCUT2D eigenvalue weighted by Crippen LogP contribution is -2.25. The van der Waals surface area contributed by atoms with Gasteiger partial charge < -0.3 is 9.64 Å². The first-order valence-corrected chi connectivity index (χ1v) is 6.64. The molecule has 0 spiro atoms. The number of anilines is 1. The van der Waals surface area contributed by atoms with E-state index in [-0.39, 0.29) is 5.91 Å². The van der Waals surface area contributed by atoms with Gasteiger partial charge in [0.05, 0.1) is 19.0 Å². The highest BCUT2D eigenvalue weighted by molar-refractivity contribution is 9.09. The molecule has 1 atom stereocenters. The number of methoxy groups -OCH3 is 1. The number of amides is 1. The van der Waals surface area contributed by atoms with E-state index in [1.54, 1.807) is 13.3 Å². The molecule has 92 valence electrons. The Balaban J connectivity index is 2.26. The van der Waals surface area contributed by atoms with E-state index in [0.717, 1.165) is 23.1 Å². The van der Waals surface area contributed by atoms with Crippen LogP contribution in [0.5, 0.6) is 5.88 Å². The molecule has 1 unspecified atom stereocenters. The number of nitrogens with zero attached hydrogens (tertiary/aromatic N) is 2. The van der Waals surface area contributed by atoms with E-state index in [4.69, 9.17) is 4.74 Å². The third kappa shape index (κ3) is 2.44. The molecule has 0 saturated carbocycles. The Morgan fingerprint density at radius 3 is 2.94 bits per heavy atom. The van der Waals surface area contributed by atoms with E-state index >= 15 is 0 Å². The zero-order valence-electron chi connectivity index (χ0n) is 9.94. The van der Waals surface area contributed by atoms with Crippen LogP contribution in [0.15, 0.2) is 12.3 Å². The van der Waals surface area contributed by atoms with Gasteiger partial charge in [0.15, 0.2) is 0 Å². The molecular weight excluding hydrogens is 284 g/mol. The topological polar surface area (TPSA) is 42.4 Å². The number of aryl methyl sites for hydroxylation is 1. The number of ether oxygens (including phenoxy) is 1. The molecule has 0 radical (unpaired) electrons. The second kappa shape index (κ2) is 5.04. The molecule has 0 aliphatic carbocycles. The highest BCUT2D eigenvalue weighted by atomic mass is 79.9. The van der Waals surface area contributed by atoms with Crippen LogP contribution in [0.2, 0.25) is 0 Å². The van der Waals surface area contributed by atoms with Gasteiger partial charge in [0, 0.05) is 24.4 Å². The van der Waals surface area contributed by atoms with Crippen LogP contribution in [-0.4, -0.2) is 29.9 Å². The van der Waals surface area contributed by atoms with Crippen molar-refractivity contribution in [2.45, 2.75) is 13.3 Å². The fourth-order valence-electron chi connectivity index (χ4n) is 2.03. The largest absolute Gasteiger partial charge is 0.481 e. The van der Waals surface area contributed by atoms with Crippen molar-refractivity contribution in [1.82, 2.24) is 4.98 Å². The summed E-state index contributed by atoms with van der Waals surface area (Å²) in [6.45, 7) is 2.73. The molecule has 1 saturated heterocycles. The van der Waals surface area contributed by atoms with Crippen LogP contribution < -0.4 is 9.64 Å². The first-order chi connectivity index (χ1) is 8.15. The summed E-state index contributed by atoms with van der Waals surface area (Å²) >= 11 is 3.43. The van der Waals surface area contributed by atoms with Gasteiger partial charge in [-0.25, -0.2) is 4.98 Å². The summed E-state index contributed by atoms with van der Waals surface area (Å²) in [6.07, 6.45) is 2.32. The van der Waals surface area contributed by atoms with E-state index in [2.05, 4.69) is 20.9 Å².